The van der Waals surface area contributed by atoms with Gasteiger partial charge < -0.3 is 5.73 Å². The molecule has 0 aliphatic heterocycles. The number of aromatic nitrogens is 1. The molecule has 0 bridgehead atoms. The summed E-state index contributed by atoms with van der Waals surface area (Å²) in [5.74, 6) is -0.221. The summed E-state index contributed by atoms with van der Waals surface area (Å²) in [6.07, 6.45) is 1.67. The van der Waals surface area contributed by atoms with E-state index < -0.39 is 0 Å². The topological polar surface area (TPSA) is 42.2 Å². The number of halogens is 1. The first-order chi connectivity index (χ1) is 9.56. The van der Waals surface area contributed by atoms with Crippen LogP contribution in [0.2, 0.25) is 0 Å². The molecule has 104 valence electrons. The van der Waals surface area contributed by atoms with Crippen LogP contribution in [0.5, 0.6) is 0 Å². The van der Waals surface area contributed by atoms with Gasteiger partial charge in [0, 0.05) is 19.3 Å². The number of benzene rings is 1. The van der Waals surface area contributed by atoms with E-state index in [-0.39, 0.29) is 5.82 Å². The van der Waals surface area contributed by atoms with E-state index >= 15 is 0 Å². The molecule has 1 aromatic carbocycles. The SMILES string of the molecule is CN(Cc1cccc(F)c1)Cc1cccnc1C(N)=S. The van der Waals surface area contributed by atoms with E-state index in [4.69, 9.17) is 18.0 Å². The lowest BCUT2D eigenvalue weighted by Crippen LogP contribution is -2.21. The predicted octanol–water partition coefficient (Wildman–Crippen LogP) is 2.49. The number of thiocarbonyl (C=S) groups is 1. The fourth-order valence-electron chi connectivity index (χ4n) is 2.08. The van der Waals surface area contributed by atoms with Crippen LogP contribution in [-0.2, 0) is 13.1 Å². The molecule has 2 N–H and O–H groups in total. The molecule has 1 aromatic heterocycles. The minimum Gasteiger partial charge on any atom is -0.388 e. The van der Waals surface area contributed by atoms with Gasteiger partial charge in [-0.2, -0.15) is 0 Å². The van der Waals surface area contributed by atoms with Gasteiger partial charge in [0.15, 0.2) is 0 Å². The number of hydrogen-bond acceptors (Lipinski definition) is 3. The maximum absolute atomic E-state index is 13.2. The largest absolute Gasteiger partial charge is 0.388 e. The molecular weight excluding hydrogens is 273 g/mol. The van der Waals surface area contributed by atoms with Crippen molar-refractivity contribution in [1.82, 2.24) is 9.88 Å². The summed E-state index contributed by atoms with van der Waals surface area (Å²) in [5, 5.41) is 0. The van der Waals surface area contributed by atoms with E-state index in [9.17, 15) is 4.39 Å². The third-order valence-corrected chi connectivity index (χ3v) is 3.10. The summed E-state index contributed by atoms with van der Waals surface area (Å²) < 4.78 is 13.2. The second-order valence-electron chi connectivity index (χ2n) is 4.68. The molecule has 1 heterocycles. The molecule has 0 saturated carbocycles. The molecule has 0 amide bonds. The highest BCUT2D eigenvalue weighted by Crippen LogP contribution is 2.12. The zero-order valence-corrected chi connectivity index (χ0v) is 12.0. The molecule has 0 radical (unpaired) electrons. The van der Waals surface area contributed by atoms with Crippen LogP contribution in [0, 0.1) is 5.82 Å². The summed E-state index contributed by atoms with van der Waals surface area (Å²) in [6.45, 7) is 1.29. The van der Waals surface area contributed by atoms with Gasteiger partial charge in [0.1, 0.15) is 16.5 Å². The summed E-state index contributed by atoms with van der Waals surface area (Å²) in [5.41, 5.74) is 8.21. The summed E-state index contributed by atoms with van der Waals surface area (Å²) >= 11 is 5.00. The molecule has 3 nitrogen and oxygen atoms in total. The predicted molar refractivity (Wildman–Crippen MR) is 81.7 cm³/mol. The van der Waals surface area contributed by atoms with E-state index in [0.29, 0.717) is 23.8 Å². The molecule has 5 heteroatoms. The van der Waals surface area contributed by atoms with Crippen molar-refractivity contribution in [2.24, 2.45) is 5.73 Å². The van der Waals surface area contributed by atoms with Crippen molar-refractivity contribution in [3.05, 3.63) is 65.2 Å². The number of nitrogens with zero attached hydrogens (tertiary/aromatic N) is 2. The van der Waals surface area contributed by atoms with Crippen LogP contribution in [0.15, 0.2) is 42.6 Å². The summed E-state index contributed by atoms with van der Waals surface area (Å²) in [4.78, 5) is 6.55. The minimum atomic E-state index is -0.221. The lowest BCUT2D eigenvalue weighted by atomic mass is 10.1. The first-order valence-corrected chi connectivity index (χ1v) is 6.64. The third-order valence-electron chi connectivity index (χ3n) is 2.91. The van der Waals surface area contributed by atoms with Gasteiger partial charge >= 0.3 is 0 Å². The normalized spacial score (nSPS) is 10.8. The molecule has 0 saturated heterocycles. The lowest BCUT2D eigenvalue weighted by Gasteiger charge is -2.18. The van der Waals surface area contributed by atoms with Crippen LogP contribution in [0.3, 0.4) is 0 Å². The Hall–Kier alpha value is -1.85. The lowest BCUT2D eigenvalue weighted by molar-refractivity contribution is 0.318. The van der Waals surface area contributed by atoms with Crippen LogP contribution >= 0.6 is 12.2 Å². The van der Waals surface area contributed by atoms with Crippen molar-refractivity contribution >= 4 is 17.2 Å². The van der Waals surface area contributed by atoms with E-state index in [1.165, 1.54) is 12.1 Å². The standard InChI is InChI=1S/C15H16FN3S/c1-19(9-11-4-2-6-13(16)8-11)10-12-5-3-7-18-14(12)15(17)20/h2-8H,9-10H2,1H3,(H2,17,20). The van der Waals surface area contributed by atoms with E-state index in [2.05, 4.69) is 9.88 Å². The first-order valence-electron chi connectivity index (χ1n) is 6.23. The van der Waals surface area contributed by atoms with Gasteiger partial charge in [0.2, 0.25) is 0 Å². The van der Waals surface area contributed by atoms with Crippen molar-refractivity contribution in [1.29, 1.82) is 0 Å². The molecule has 0 aliphatic rings. The molecule has 0 aliphatic carbocycles. The Morgan fingerprint density at radius 1 is 1.30 bits per heavy atom. The number of hydrogen-bond donors (Lipinski definition) is 1. The van der Waals surface area contributed by atoms with E-state index in [0.717, 1.165) is 11.1 Å². The van der Waals surface area contributed by atoms with Crippen LogP contribution < -0.4 is 5.73 Å². The van der Waals surface area contributed by atoms with E-state index in [1.807, 2.05) is 25.2 Å². The average molecular weight is 289 g/mol. The first kappa shape index (κ1) is 14.6. The second-order valence-corrected chi connectivity index (χ2v) is 5.12. The second kappa shape index (κ2) is 6.54. The van der Waals surface area contributed by atoms with E-state index in [1.54, 1.807) is 12.3 Å². The number of pyridine rings is 1. The van der Waals surface area contributed by atoms with Crippen LogP contribution in [-0.4, -0.2) is 21.9 Å². The quantitative estimate of drug-likeness (QED) is 0.859. The van der Waals surface area contributed by atoms with Crippen molar-refractivity contribution in [3.63, 3.8) is 0 Å². The number of rotatable bonds is 5. The Kier molecular flexibility index (Phi) is 4.76. The van der Waals surface area contributed by atoms with Gasteiger partial charge in [0.05, 0.1) is 0 Å². The van der Waals surface area contributed by atoms with Gasteiger partial charge in [-0.1, -0.05) is 30.4 Å². The van der Waals surface area contributed by atoms with Crippen LogP contribution in [0.1, 0.15) is 16.8 Å². The summed E-state index contributed by atoms with van der Waals surface area (Å²) in [7, 11) is 1.96. The Bertz CT molecular complexity index is 616. The minimum absolute atomic E-state index is 0.221. The van der Waals surface area contributed by atoms with Crippen molar-refractivity contribution < 1.29 is 4.39 Å². The molecular formula is C15H16FN3S. The monoisotopic (exact) mass is 289 g/mol. The van der Waals surface area contributed by atoms with Gasteiger partial charge in [-0.25, -0.2) is 4.39 Å². The van der Waals surface area contributed by atoms with Crippen LogP contribution in [0.4, 0.5) is 4.39 Å². The maximum atomic E-state index is 13.2. The highest BCUT2D eigenvalue weighted by atomic mass is 32.1. The van der Waals surface area contributed by atoms with Crippen molar-refractivity contribution in [2.75, 3.05) is 7.05 Å². The zero-order valence-electron chi connectivity index (χ0n) is 11.2. The number of nitrogens with two attached hydrogens (primary N) is 1. The fraction of sp³-hybridized carbons (Fsp3) is 0.200. The zero-order chi connectivity index (χ0) is 14.5. The van der Waals surface area contributed by atoms with Gasteiger partial charge in [-0.3, -0.25) is 9.88 Å². The Balaban J connectivity index is 2.08. The molecule has 0 spiro atoms. The van der Waals surface area contributed by atoms with Gasteiger partial charge in [0.25, 0.3) is 0 Å². The maximum Gasteiger partial charge on any atom is 0.123 e. The molecule has 2 aromatic rings. The van der Waals surface area contributed by atoms with Gasteiger partial charge in [-0.15, -0.1) is 0 Å². The smallest absolute Gasteiger partial charge is 0.123 e. The van der Waals surface area contributed by atoms with Gasteiger partial charge in [-0.05, 0) is 36.4 Å². The summed E-state index contributed by atoms with van der Waals surface area (Å²) in [6, 6.07) is 10.4. The molecule has 0 unspecified atom stereocenters. The third kappa shape index (κ3) is 3.82. The molecule has 0 atom stereocenters. The molecule has 2 rings (SSSR count). The molecule has 20 heavy (non-hydrogen) atoms. The average Bonchev–Trinajstić information content (AvgIpc) is 2.38. The van der Waals surface area contributed by atoms with Crippen molar-refractivity contribution in [2.45, 2.75) is 13.1 Å². The Morgan fingerprint density at radius 2 is 2.10 bits per heavy atom. The fourth-order valence-corrected chi connectivity index (χ4v) is 2.27. The Morgan fingerprint density at radius 3 is 2.80 bits per heavy atom. The Labute approximate surface area is 123 Å². The highest BCUT2D eigenvalue weighted by Gasteiger charge is 2.09. The van der Waals surface area contributed by atoms with Crippen LogP contribution in [0.25, 0.3) is 0 Å². The van der Waals surface area contributed by atoms with Crippen molar-refractivity contribution in [3.8, 4) is 0 Å². The molecule has 0 fully saturated rings. The highest BCUT2D eigenvalue weighted by molar-refractivity contribution is 7.80.